The summed E-state index contributed by atoms with van der Waals surface area (Å²) in [7, 11) is 1.38. The molecule has 11 heteroatoms. The Labute approximate surface area is 253 Å². The molecule has 3 aliphatic rings. The van der Waals surface area contributed by atoms with Crippen molar-refractivity contribution in [2.24, 2.45) is 17.8 Å². The first-order valence-corrected chi connectivity index (χ1v) is 16.7. The van der Waals surface area contributed by atoms with Gasteiger partial charge in [0.15, 0.2) is 22.5 Å². The lowest BCUT2D eigenvalue weighted by molar-refractivity contribution is -0.113. The van der Waals surface area contributed by atoms with Crippen molar-refractivity contribution in [1.29, 1.82) is 0 Å². The van der Waals surface area contributed by atoms with Gasteiger partial charge in [0.05, 0.1) is 18.4 Å². The molecular formula is C31H37FN4O4S2. The third kappa shape index (κ3) is 5.95. The molecule has 1 amide bonds. The Kier molecular flexibility index (Phi) is 8.85. The monoisotopic (exact) mass is 612 g/mol. The van der Waals surface area contributed by atoms with Crippen LogP contribution in [0.25, 0.3) is 0 Å². The van der Waals surface area contributed by atoms with Gasteiger partial charge in [0, 0.05) is 10.9 Å². The summed E-state index contributed by atoms with van der Waals surface area (Å²) in [6.45, 7) is 2.28. The van der Waals surface area contributed by atoms with Gasteiger partial charge in [0.1, 0.15) is 11.6 Å². The molecule has 3 aromatic rings. The van der Waals surface area contributed by atoms with E-state index in [1.54, 1.807) is 18.2 Å². The number of thiophene rings is 1. The number of carbonyl (C=O) groups excluding carboxylic acids is 2. The van der Waals surface area contributed by atoms with Crippen molar-refractivity contribution in [3.8, 4) is 5.75 Å². The first-order chi connectivity index (χ1) is 20.4. The number of ether oxygens (including phenoxy) is 2. The molecule has 42 heavy (non-hydrogen) atoms. The predicted molar refractivity (Wildman–Crippen MR) is 161 cm³/mol. The van der Waals surface area contributed by atoms with Gasteiger partial charge in [-0.25, -0.2) is 9.18 Å². The Morgan fingerprint density at radius 2 is 2.00 bits per heavy atom. The van der Waals surface area contributed by atoms with Gasteiger partial charge in [0.2, 0.25) is 5.91 Å². The molecule has 2 bridgehead atoms. The van der Waals surface area contributed by atoms with Gasteiger partial charge in [-0.3, -0.25) is 9.36 Å². The molecule has 224 valence electrons. The number of aryl methyl sites for hydroxylation is 1. The first-order valence-electron chi connectivity index (χ1n) is 14.9. The molecule has 3 aliphatic carbocycles. The molecule has 0 spiro atoms. The molecular weight excluding hydrogens is 575 g/mol. The van der Waals surface area contributed by atoms with E-state index in [4.69, 9.17) is 9.47 Å². The van der Waals surface area contributed by atoms with Crippen molar-refractivity contribution in [1.82, 2.24) is 14.8 Å². The number of benzene rings is 1. The number of anilines is 1. The fourth-order valence-electron chi connectivity index (χ4n) is 7.14. The quantitative estimate of drug-likeness (QED) is 0.152. The standard InChI is InChI=1S/C31H37FN4O4S2/c1-18(22-15-19-12-13-20(22)14-19)36-26(16-40-24-10-7-6-9-23(24)32)34-35-31(36)41-17-27(37)33-29-28(30(38)39-2)21-8-4-3-5-11-25(21)42-29/h6-7,9-10,18-20,22H,3-5,8,11-17H2,1-2H3,(H,33,37)/t18-,19+,20+,22+/m1/s1. The highest BCUT2D eigenvalue weighted by Crippen LogP contribution is 2.52. The van der Waals surface area contributed by atoms with Crippen molar-refractivity contribution < 1.29 is 23.5 Å². The second-order valence-corrected chi connectivity index (χ2v) is 13.7. The number of thioether (sulfide) groups is 1. The molecule has 8 nitrogen and oxygen atoms in total. The van der Waals surface area contributed by atoms with Crippen LogP contribution in [-0.2, 0) is 29.0 Å². The van der Waals surface area contributed by atoms with Crippen molar-refractivity contribution in [3.63, 3.8) is 0 Å². The van der Waals surface area contributed by atoms with E-state index in [2.05, 4.69) is 27.0 Å². The molecule has 0 unspecified atom stereocenters. The average molecular weight is 613 g/mol. The molecule has 2 heterocycles. The molecule has 2 saturated carbocycles. The van der Waals surface area contributed by atoms with Crippen LogP contribution in [0, 0.1) is 23.6 Å². The number of fused-ring (bicyclic) bond motifs is 3. The van der Waals surface area contributed by atoms with Crippen LogP contribution >= 0.6 is 23.1 Å². The average Bonchev–Trinajstić information content (AvgIpc) is 3.76. The molecule has 0 radical (unpaired) electrons. The topological polar surface area (TPSA) is 95.3 Å². The molecule has 1 aromatic carbocycles. The Morgan fingerprint density at radius 1 is 1.17 bits per heavy atom. The Bertz CT molecular complexity index is 1460. The number of nitrogens with one attached hydrogen (secondary N) is 1. The van der Waals surface area contributed by atoms with Crippen LogP contribution in [0.15, 0.2) is 29.4 Å². The van der Waals surface area contributed by atoms with E-state index < -0.39 is 11.8 Å². The zero-order valence-corrected chi connectivity index (χ0v) is 25.7. The largest absolute Gasteiger partial charge is 0.483 e. The molecule has 0 aliphatic heterocycles. The first kappa shape index (κ1) is 29.2. The number of rotatable bonds is 10. The lowest BCUT2D eigenvalue weighted by atomic mass is 9.84. The summed E-state index contributed by atoms with van der Waals surface area (Å²) in [6.07, 6.45) is 9.99. The van der Waals surface area contributed by atoms with Crippen molar-refractivity contribution >= 4 is 40.0 Å². The van der Waals surface area contributed by atoms with E-state index in [9.17, 15) is 14.0 Å². The third-order valence-electron chi connectivity index (χ3n) is 9.14. The number of amides is 1. The van der Waals surface area contributed by atoms with Crippen molar-refractivity contribution in [3.05, 3.63) is 51.9 Å². The summed E-state index contributed by atoms with van der Waals surface area (Å²) in [6, 6.07) is 6.46. The second kappa shape index (κ2) is 12.8. The number of carbonyl (C=O) groups is 2. The smallest absolute Gasteiger partial charge is 0.341 e. The highest BCUT2D eigenvalue weighted by Gasteiger charge is 2.43. The van der Waals surface area contributed by atoms with Crippen LogP contribution in [0.3, 0.4) is 0 Å². The predicted octanol–water partition coefficient (Wildman–Crippen LogP) is 6.84. The number of halogens is 1. The Balaban J connectivity index is 1.19. The van der Waals surface area contributed by atoms with Gasteiger partial charge in [-0.1, -0.05) is 36.7 Å². The maximum atomic E-state index is 14.2. The second-order valence-electron chi connectivity index (χ2n) is 11.7. The van der Waals surface area contributed by atoms with Crippen LogP contribution in [0.1, 0.15) is 84.5 Å². The Morgan fingerprint density at radius 3 is 2.76 bits per heavy atom. The maximum absolute atomic E-state index is 14.2. The summed E-state index contributed by atoms with van der Waals surface area (Å²) in [4.78, 5) is 27.1. The fourth-order valence-corrected chi connectivity index (χ4v) is 9.27. The van der Waals surface area contributed by atoms with Gasteiger partial charge in [-0.15, -0.1) is 21.5 Å². The zero-order chi connectivity index (χ0) is 29.2. The van der Waals surface area contributed by atoms with Crippen LogP contribution in [-0.4, -0.2) is 39.5 Å². The summed E-state index contributed by atoms with van der Waals surface area (Å²) in [5, 5.41) is 13.1. The number of esters is 1. The highest BCUT2D eigenvalue weighted by atomic mass is 32.2. The third-order valence-corrected chi connectivity index (χ3v) is 11.3. The SMILES string of the molecule is COC(=O)c1c(NC(=O)CSc2nnc(COc3ccccc3F)n2[C@H](C)[C@@H]2C[C@H]3CC[C@H]2C3)sc2c1CCCCC2. The van der Waals surface area contributed by atoms with Gasteiger partial charge in [-0.2, -0.15) is 0 Å². The van der Waals surface area contributed by atoms with E-state index in [0.29, 0.717) is 33.4 Å². The molecule has 1 N–H and O–H groups in total. The van der Waals surface area contributed by atoms with Crippen molar-refractivity contribution in [2.75, 3.05) is 18.2 Å². The summed E-state index contributed by atoms with van der Waals surface area (Å²) in [5.41, 5.74) is 1.52. The summed E-state index contributed by atoms with van der Waals surface area (Å²) >= 11 is 2.81. The lowest BCUT2D eigenvalue weighted by Crippen LogP contribution is -2.25. The fraction of sp³-hybridized carbons (Fsp3) is 0.548. The van der Waals surface area contributed by atoms with Gasteiger partial charge in [-0.05, 0) is 87.3 Å². The molecule has 2 aromatic heterocycles. The van der Waals surface area contributed by atoms with Gasteiger partial charge < -0.3 is 14.8 Å². The molecule has 0 saturated heterocycles. The summed E-state index contributed by atoms with van der Waals surface area (Å²) in [5.74, 6) is 1.82. The van der Waals surface area contributed by atoms with E-state index >= 15 is 0 Å². The molecule has 4 atom stereocenters. The molecule has 2 fully saturated rings. The van der Waals surface area contributed by atoms with Crippen molar-refractivity contribution in [2.45, 2.75) is 82.5 Å². The number of hydrogen-bond donors (Lipinski definition) is 1. The van der Waals surface area contributed by atoms with E-state index in [0.717, 1.165) is 48.5 Å². The van der Waals surface area contributed by atoms with Crippen LogP contribution in [0.5, 0.6) is 5.75 Å². The van der Waals surface area contributed by atoms with Gasteiger partial charge in [0.25, 0.3) is 0 Å². The number of para-hydroxylation sites is 1. The zero-order valence-electron chi connectivity index (χ0n) is 24.1. The van der Waals surface area contributed by atoms with Crippen LogP contribution in [0.4, 0.5) is 9.39 Å². The van der Waals surface area contributed by atoms with Gasteiger partial charge >= 0.3 is 5.97 Å². The van der Waals surface area contributed by atoms with E-state index in [1.807, 2.05) is 0 Å². The lowest BCUT2D eigenvalue weighted by Gasteiger charge is -2.30. The van der Waals surface area contributed by atoms with Crippen LogP contribution in [0.2, 0.25) is 0 Å². The maximum Gasteiger partial charge on any atom is 0.341 e. The number of nitrogens with zero attached hydrogens (tertiary/aromatic N) is 3. The van der Waals surface area contributed by atoms with Crippen LogP contribution < -0.4 is 10.1 Å². The number of methoxy groups -OCH3 is 1. The minimum atomic E-state index is -0.423. The summed E-state index contributed by atoms with van der Waals surface area (Å²) < 4.78 is 27.2. The minimum absolute atomic E-state index is 0.0785. The normalized spacial score (nSPS) is 21.9. The Hall–Kier alpha value is -2.92. The minimum Gasteiger partial charge on any atom is -0.483 e. The number of hydrogen-bond acceptors (Lipinski definition) is 8. The van der Waals surface area contributed by atoms with E-state index in [1.165, 1.54) is 62.0 Å². The van der Waals surface area contributed by atoms with E-state index in [-0.39, 0.29) is 30.1 Å². The molecule has 6 rings (SSSR count). The number of aromatic nitrogens is 3. The highest BCUT2D eigenvalue weighted by molar-refractivity contribution is 7.99.